The molecule has 0 amide bonds. The third-order valence-corrected chi connectivity index (χ3v) is 2.60. The Morgan fingerprint density at radius 1 is 1.16 bits per heavy atom. The fraction of sp³-hybridized carbons (Fsp3) is 0.286. The van der Waals surface area contributed by atoms with E-state index in [0.717, 1.165) is 6.42 Å². The summed E-state index contributed by atoms with van der Waals surface area (Å²) < 4.78 is 11.3. The molecule has 0 aliphatic rings. The second kappa shape index (κ2) is 6.95. The molecule has 0 fully saturated rings. The monoisotopic (exact) mass is 278 g/mol. The zero-order chi connectivity index (χ0) is 13.5. The Morgan fingerprint density at radius 3 is 2.68 bits per heavy atom. The summed E-state index contributed by atoms with van der Waals surface area (Å²) in [6.07, 6.45) is 4.10. The average molecular weight is 279 g/mol. The lowest BCUT2D eigenvalue weighted by atomic mass is 10.3. The molecule has 5 heteroatoms. The van der Waals surface area contributed by atoms with Crippen molar-refractivity contribution < 1.29 is 9.47 Å². The van der Waals surface area contributed by atoms with Gasteiger partial charge in [-0.2, -0.15) is 0 Å². The van der Waals surface area contributed by atoms with Crippen LogP contribution in [0, 0.1) is 0 Å². The Morgan fingerprint density at radius 2 is 1.95 bits per heavy atom. The van der Waals surface area contributed by atoms with E-state index in [2.05, 4.69) is 16.9 Å². The van der Waals surface area contributed by atoms with Crippen molar-refractivity contribution in [3.8, 4) is 17.4 Å². The number of hydrogen-bond acceptors (Lipinski definition) is 4. The molecule has 0 unspecified atom stereocenters. The molecule has 0 aliphatic heterocycles. The second-order valence-corrected chi connectivity index (χ2v) is 4.15. The first kappa shape index (κ1) is 13.6. The van der Waals surface area contributed by atoms with Gasteiger partial charge in [0.25, 0.3) is 0 Å². The van der Waals surface area contributed by atoms with Crippen molar-refractivity contribution in [1.29, 1.82) is 0 Å². The smallest absolute Gasteiger partial charge is 0.238 e. The maximum absolute atomic E-state index is 5.72. The van der Waals surface area contributed by atoms with Crippen LogP contribution in [0.1, 0.15) is 19.0 Å². The summed E-state index contributed by atoms with van der Waals surface area (Å²) in [6.45, 7) is 2.70. The van der Waals surface area contributed by atoms with Crippen LogP contribution in [-0.4, -0.2) is 16.6 Å². The molecule has 0 saturated carbocycles. The highest BCUT2D eigenvalue weighted by molar-refractivity contribution is 6.16. The topological polar surface area (TPSA) is 44.2 Å². The molecule has 2 rings (SSSR count). The Bertz CT molecular complexity index is 534. The van der Waals surface area contributed by atoms with Gasteiger partial charge in [-0.05, 0) is 18.6 Å². The van der Waals surface area contributed by atoms with E-state index in [1.54, 1.807) is 12.4 Å². The number of benzene rings is 1. The summed E-state index contributed by atoms with van der Waals surface area (Å²) in [5.41, 5.74) is 0.672. The van der Waals surface area contributed by atoms with E-state index in [-0.39, 0.29) is 0 Å². The first-order valence-electron chi connectivity index (χ1n) is 6.10. The van der Waals surface area contributed by atoms with E-state index in [9.17, 15) is 0 Å². The lowest BCUT2D eigenvalue weighted by Gasteiger charge is -2.11. The lowest BCUT2D eigenvalue weighted by Crippen LogP contribution is -1.98. The summed E-state index contributed by atoms with van der Waals surface area (Å²) in [7, 11) is 0. The molecule has 0 saturated heterocycles. The van der Waals surface area contributed by atoms with E-state index >= 15 is 0 Å². The Balaban J connectivity index is 2.17. The van der Waals surface area contributed by atoms with Crippen molar-refractivity contribution in [2.45, 2.75) is 19.2 Å². The SMILES string of the molecule is CCCOc1ccccc1Oc1cncc(CCl)n1. The van der Waals surface area contributed by atoms with E-state index < -0.39 is 0 Å². The third kappa shape index (κ3) is 3.83. The first-order chi connectivity index (χ1) is 9.33. The number of para-hydroxylation sites is 2. The van der Waals surface area contributed by atoms with Crippen molar-refractivity contribution in [3.63, 3.8) is 0 Å². The van der Waals surface area contributed by atoms with Crippen LogP contribution in [-0.2, 0) is 5.88 Å². The van der Waals surface area contributed by atoms with Crippen LogP contribution in [0.15, 0.2) is 36.7 Å². The minimum absolute atomic E-state index is 0.304. The quantitative estimate of drug-likeness (QED) is 0.754. The van der Waals surface area contributed by atoms with Gasteiger partial charge in [-0.15, -0.1) is 11.6 Å². The fourth-order valence-electron chi connectivity index (χ4n) is 1.48. The molecule has 1 aromatic heterocycles. The Labute approximate surface area is 117 Å². The summed E-state index contributed by atoms with van der Waals surface area (Å²) in [6, 6.07) is 7.48. The lowest BCUT2D eigenvalue weighted by molar-refractivity contribution is 0.300. The standard InChI is InChI=1S/C14H15ClN2O2/c1-2-7-18-12-5-3-4-6-13(12)19-14-10-16-9-11(8-15)17-14/h3-6,9-10H,2,7-8H2,1H3. The molecule has 0 bridgehead atoms. The molecule has 0 radical (unpaired) electrons. The van der Waals surface area contributed by atoms with Gasteiger partial charge in [0.1, 0.15) is 0 Å². The van der Waals surface area contributed by atoms with Crippen molar-refractivity contribution in [3.05, 3.63) is 42.4 Å². The van der Waals surface area contributed by atoms with Crippen LogP contribution in [0.2, 0.25) is 0 Å². The maximum Gasteiger partial charge on any atom is 0.238 e. The average Bonchev–Trinajstić information content (AvgIpc) is 2.46. The van der Waals surface area contributed by atoms with Gasteiger partial charge in [-0.1, -0.05) is 19.1 Å². The van der Waals surface area contributed by atoms with E-state index in [0.29, 0.717) is 35.6 Å². The summed E-state index contributed by atoms with van der Waals surface area (Å²) in [4.78, 5) is 8.27. The van der Waals surface area contributed by atoms with Crippen molar-refractivity contribution >= 4 is 11.6 Å². The zero-order valence-electron chi connectivity index (χ0n) is 10.7. The van der Waals surface area contributed by atoms with Crippen LogP contribution in [0.25, 0.3) is 0 Å². The second-order valence-electron chi connectivity index (χ2n) is 3.88. The molecule has 100 valence electrons. The molecular weight excluding hydrogens is 264 g/mol. The molecule has 0 atom stereocenters. The van der Waals surface area contributed by atoms with Gasteiger partial charge in [0.2, 0.25) is 5.88 Å². The molecule has 0 N–H and O–H groups in total. The van der Waals surface area contributed by atoms with Gasteiger partial charge < -0.3 is 9.47 Å². The fourth-order valence-corrected chi connectivity index (χ4v) is 1.61. The minimum atomic E-state index is 0.304. The molecular formula is C14H15ClN2O2. The Hall–Kier alpha value is -1.81. The minimum Gasteiger partial charge on any atom is -0.490 e. The molecule has 4 nitrogen and oxygen atoms in total. The third-order valence-electron chi connectivity index (χ3n) is 2.32. The van der Waals surface area contributed by atoms with Crippen LogP contribution in [0.4, 0.5) is 0 Å². The van der Waals surface area contributed by atoms with Crippen molar-refractivity contribution in [2.75, 3.05) is 6.61 Å². The molecule has 1 heterocycles. The highest BCUT2D eigenvalue weighted by Crippen LogP contribution is 2.30. The Kier molecular flexibility index (Phi) is 4.98. The summed E-state index contributed by atoms with van der Waals surface area (Å²) >= 11 is 5.72. The van der Waals surface area contributed by atoms with Crippen LogP contribution in [0.3, 0.4) is 0 Å². The van der Waals surface area contributed by atoms with Gasteiger partial charge in [-0.3, -0.25) is 4.98 Å². The number of halogens is 1. The maximum atomic E-state index is 5.72. The number of hydrogen-bond donors (Lipinski definition) is 0. The summed E-state index contributed by atoms with van der Waals surface area (Å²) in [5.74, 6) is 2.03. The predicted molar refractivity (Wildman–Crippen MR) is 73.9 cm³/mol. The first-order valence-corrected chi connectivity index (χ1v) is 6.63. The number of alkyl halides is 1. The van der Waals surface area contributed by atoms with Crippen molar-refractivity contribution in [1.82, 2.24) is 9.97 Å². The summed E-state index contributed by atoms with van der Waals surface area (Å²) in [5, 5.41) is 0. The van der Waals surface area contributed by atoms with Gasteiger partial charge in [0.05, 0.1) is 24.4 Å². The molecule has 2 aromatic rings. The van der Waals surface area contributed by atoms with Gasteiger partial charge in [0.15, 0.2) is 11.5 Å². The molecule has 0 spiro atoms. The number of aromatic nitrogens is 2. The van der Waals surface area contributed by atoms with Crippen molar-refractivity contribution in [2.24, 2.45) is 0 Å². The molecule has 1 aromatic carbocycles. The van der Waals surface area contributed by atoms with Gasteiger partial charge in [0, 0.05) is 6.20 Å². The largest absolute Gasteiger partial charge is 0.490 e. The van der Waals surface area contributed by atoms with Crippen LogP contribution < -0.4 is 9.47 Å². The van der Waals surface area contributed by atoms with Crippen LogP contribution >= 0.6 is 11.6 Å². The molecule has 0 aliphatic carbocycles. The van der Waals surface area contributed by atoms with Gasteiger partial charge in [-0.25, -0.2) is 4.98 Å². The van der Waals surface area contributed by atoms with Gasteiger partial charge >= 0.3 is 0 Å². The predicted octanol–water partition coefficient (Wildman–Crippen LogP) is 3.80. The number of ether oxygens (including phenoxy) is 2. The zero-order valence-corrected chi connectivity index (χ0v) is 11.4. The normalized spacial score (nSPS) is 10.2. The van der Waals surface area contributed by atoms with E-state index in [4.69, 9.17) is 21.1 Å². The van der Waals surface area contributed by atoms with E-state index in [1.807, 2.05) is 24.3 Å². The highest BCUT2D eigenvalue weighted by Gasteiger charge is 2.07. The molecule has 19 heavy (non-hydrogen) atoms. The number of nitrogens with zero attached hydrogens (tertiary/aromatic N) is 2. The highest BCUT2D eigenvalue weighted by atomic mass is 35.5. The van der Waals surface area contributed by atoms with E-state index in [1.165, 1.54) is 0 Å². The number of rotatable bonds is 6. The van der Waals surface area contributed by atoms with Crippen LogP contribution in [0.5, 0.6) is 17.4 Å².